The topological polar surface area (TPSA) is 90.5 Å². The van der Waals surface area contributed by atoms with Gasteiger partial charge < -0.3 is 5.32 Å². The molecule has 1 saturated heterocycles. The van der Waals surface area contributed by atoms with Gasteiger partial charge in [-0.15, -0.1) is 11.3 Å². The number of rotatable bonds is 6. The van der Waals surface area contributed by atoms with E-state index in [0.29, 0.717) is 12.8 Å². The van der Waals surface area contributed by atoms with Crippen LogP contribution in [0, 0.1) is 5.82 Å². The Bertz CT molecular complexity index is 926. The molecule has 1 aromatic heterocycles. The number of benzene rings is 1. The number of hydrogen-bond donors (Lipinski definition) is 3. The third kappa shape index (κ3) is 4.08. The average Bonchev–Trinajstić information content (AvgIpc) is 3.34. The Morgan fingerprint density at radius 1 is 1.17 bits per heavy atom. The quantitative estimate of drug-likeness (QED) is 0.615. The fraction of sp³-hybridized carbons (Fsp3) is 0.381. The number of amides is 4. The minimum Gasteiger partial charge on any atom is -0.322 e. The second-order valence-corrected chi connectivity index (χ2v) is 8.61. The number of nitrogens with one attached hydrogen (secondary N) is 3. The van der Waals surface area contributed by atoms with Gasteiger partial charge in [0.25, 0.3) is 11.8 Å². The average molecular weight is 431 g/mol. The number of thiophene rings is 1. The smallest absolute Gasteiger partial charge is 0.322 e. The summed E-state index contributed by atoms with van der Waals surface area (Å²) >= 11 is 1.51. The molecule has 1 atom stereocenters. The van der Waals surface area contributed by atoms with Crippen molar-refractivity contribution in [2.75, 3.05) is 6.54 Å². The summed E-state index contributed by atoms with van der Waals surface area (Å²) in [7, 11) is 0. The van der Waals surface area contributed by atoms with Crippen LogP contribution in [0.15, 0.2) is 41.8 Å². The van der Waals surface area contributed by atoms with Crippen LogP contribution in [0.1, 0.15) is 48.6 Å². The van der Waals surface area contributed by atoms with Crippen molar-refractivity contribution in [1.29, 1.82) is 0 Å². The molecule has 1 aliphatic carbocycles. The molecular weight excluding hydrogens is 407 g/mol. The zero-order chi connectivity index (χ0) is 21.1. The summed E-state index contributed by atoms with van der Waals surface area (Å²) in [6, 6.07) is 8.98. The van der Waals surface area contributed by atoms with E-state index in [4.69, 9.17) is 0 Å². The number of hydrogen-bond acceptors (Lipinski definition) is 5. The molecule has 30 heavy (non-hydrogen) atoms. The fourth-order valence-corrected chi connectivity index (χ4v) is 4.90. The van der Waals surface area contributed by atoms with E-state index in [1.165, 1.54) is 23.5 Å². The lowest BCUT2D eigenvalue weighted by molar-refractivity contribution is -0.139. The Labute approximate surface area is 177 Å². The van der Waals surface area contributed by atoms with Gasteiger partial charge in [-0.2, -0.15) is 5.01 Å². The maximum atomic E-state index is 13.3. The summed E-state index contributed by atoms with van der Waals surface area (Å²) in [6.07, 6.45) is 3.96. The highest BCUT2D eigenvalue weighted by molar-refractivity contribution is 7.10. The highest BCUT2D eigenvalue weighted by Crippen LogP contribution is 2.33. The van der Waals surface area contributed by atoms with Gasteiger partial charge >= 0.3 is 6.03 Å². The Hall–Kier alpha value is -2.78. The monoisotopic (exact) mass is 430 g/mol. The zero-order valence-corrected chi connectivity index (χ0v) is 17.1. The number of halogens is 1. The van der Waals surface area contributed by atoms with E-state index < -0.39 is 23.4 Å². The number of urea groups is 1. The van der Waals surface area contributed by atoms with E-state index in [9.17, 15) is 18.8 Å². The number of carbonyl (C=O) groups is 3. The van der Waals surface area contributed by atoms with Gasteiger partial charge in [-0.05, 0) is 42.0 Å². The lowest BCUT2D eigenvalue weighted by atomic mass is 9.82. The van der Waals surface area contributed by atoms with E-state index in [-0.39, 0.29) is 18.4 Å². The van der Waals surface area contributed by atoms with Gasteiger partial charge in [0, 0.05) is 4.88 Å². The van der Waals surface area contributed by atoms with Gasteiger partial charge in [-0.1, -0.05) is 37.5 Å². The molecule has 1 aromatic carbocycles. The molecule has 0 radical (unpaired) electrons. The summed E-state index contributed by atoms with van der Waals surface area (Å²) in [6.45, 7) is -0.121. The first-order valence-electron chi connectivity index (χ1n) is 9.97. The highest BCUT2D eigenvalue weighted by atomic mass is 32.1. The van der Waals surface area contributed by atoms with Crippen molar-refractivity contribution in [3.63, 3.8) is 0 Å². The lowest BCUT2D eigenvalue weighted by Gasteiger charge is -2.30. The summed E-state index contributed by atoms with van der Waals surface area (Å²) in [4.78, 5) is 38.6. The van der Waals surface area contributed by atoms with E-state index >= 15 is 0 Å². The predicted molar refractivity (Wildman–Crippen MR) is 110 cm³/mol. The SMILES string of the molecule is O=C(CNC(c1ccc(F)cc1)c1cccs1)NN1C(=O)NC2(CCCCC2)C1=O. The number of carbonyl (C=O) groups excluding carboxylic acids is 3. The van der Waals surface area contributed by atoms with Crippen molar-refractivity contribution >= 4 is 29.2 Å². The Morgan fingerprint density at radius 2 is 1.90 bits per heavy atom. The molecule has 9 heteroatoms. The maximum Gasteiger partial charge on any atom is 0.344 e. The first-order valence-corrected chi connectivity index (χ1v) is 10.8. The van der Waals surface area contributed by atoms with Crippen LogP contribution in [0.2, 0.25) is 0 Å². The summed E-state index contributed by atoms with van der Waals surface area (Å²) in [5, 5.41) is 8.62. The molecule has 2 aliphatic rings. The molecule has 1 unspecified atom stereocenters. The van der Waals surface area contributed by atoms with Gasteiger partial charge in [0.2, 0.25) is 0 Å². The predicted octanol–water partition coefficient (Wildman–Crippen LogP) is 2.85. The normalized spacial score (nSPS) is 19.0. The number of hydrazine groups is 1. The molecular formula is C21H23FN4O3S. The first-order chi connectivity index (χ1) is 14.5. The molecule has 1 saturated carbocycles. The molecule has 4 rings (SSSR count). The van der Waals surface area contributed by atoms with Gasteiger partial charge in [0.15, 0.2) is 0 Å². The van der Waals surface area contributed by atoms with Gasteiger partial charge in [0.1, 0.15) is 11.4 Å². The molecule has 158 valence electrons. The molecule has 2 heterocycles. The molecule has 0 bridgehead atoms. The van der Waals surface area contributed by atoms with Crippen molar-refractivity contribution < 1.29 is 18.8 Å². The maximum absolute atomic E-state index is 13.3. The minimum absolute atomic E-state index is 0.121. The van der Waals surface area contributed by atoms with E-state index in [1.54, 1.807) is 12.1 Å². The lowest BCUT2D eigenvalue weighted by Crippen LogP contribution is -2.52. The summed E-state index contributed by atoms with van der Waals surface area (Å²) < 4.78 is 13.3. The van der Waals surface area contributed by atoms with Crippen molar-refractivity contribution in [2.45, 2.75) is 43.7 Å². The minimum atomic E-state index is -0.885. The molecule has 1 spiro atoms. The second kappa shape index (κ2) is 8.53. The third-order valence-corrected chi connectivity index (χ3v) is 6.54. The summed E-state index contributed by atoms with van der Waals surface area (Å²) in [5.41, 5.74) is 2.35. The van der Waals surface area contributed by atoms with Crippen LogP contribution in [-0.2, 0) is 9.59 Å². The van der Waals surface area contributed by atoms with E-state index in [0.717, 1.165) is 34.7 Å². The highest BCUT2D eigenvalue weighted by Gasteiger charge is 2.52. The molecule has 1 aliphatic heterocycles. The van der Waals surface area contributed by atoms with Crippen LogP contribution in [0.3, 0.4) is 0 Å². The van der Waals surface area contributed by atoms with Gasteiger partial charge in [-0.3, -0.25) is 20.3 Å². The molecule has 2 fully saturated rings. The summed E-state index contributed by atoms with van der Waals surface area (Å²) in [5.74, 6) is -1.24. The third-order valence-electron chi connectivity index (χ3n) is 5.60. The molecule has 2 aromatic rings. The van der Waals surface area contributed by atoms with Crippen LogP contribution >= 0.6 is 11.3 Å². The van der Waals surface area contributed by atoms with E-state index in [1.807, 2.05) is 17.5 Å². The number of nitrogens with zero attached hydrogens (tertiary/aromatic N) is 1. The van der Waals surface area contributed by atoms with E-state index in [2.05, 4.69) is 16.1 Å². The van der Waals surface area contributed by atoms with Crippen molar-refractivity contribution in [1.82, 2.24) is 21.1 Å². The number of imide groups is 1. The van der Waals surface area contributed by atoms with Crippen molar-refractivity contribution in [3.05, 3.63) is 58.0 Å². The largest absolute Gasteiger partial charge is 0.344 e. The van der Waals surface area contributed by atoms with Gasteiger partial charge in [-0.25, -0.2) is 9.18 Å². The second-order valence-electron chi connectivity index (χ2n) is 7.63. The van der Waals surface area contributed by atoms with Crippen LogP contribution in [0.25, 0.3) is 0 Å². The van der Waals surface area contributed by atoms with Crippen molar-refractivity contribution in [2.24, 2.45) is 0 Å². The molecule has 7 nitrogen and oxygen atoms in total. The Kier molecular flexibility index (Phi) is 5.83. The van der Waals surface area contributed by atoms with Crippen molar-refractivity contribution in [3.8, 4) is 0 Å². The van der Waals surface area contributed by atoms with Crippen LogP contribution in [-0.4, -0.2) is 34.9 Å². The van der Waals surface area contributed by atoms with Crippen LogP contribution in [0.5, 0.6) is 0 Å². The Morgan fingerprint density at radius 3 is 2.57 bits per heavy atom. The Balaban J connectivity index is 1.41. The van der Waals surface area contributed by atoms with Gasteiger partial charge in [0.05, 0.1) is 12.6 Å². The zero-order valence-electron chi connectivity index (χ0n) is 16.3. The fourth-order valence-electron chi connectivity index (χ4n) is 4.07. The first kappa shape index (κ1) is 20.5. The van der Waals surface area contributed by atoms with Crippen LogP contribution < -0.4 is 16.1 Å². The standard InChI is InChI=1S/C21H23FN4O3S/c22-15-8-6-14(7-9-15)18(16-5-4-12-30-16)23-13-17(27)25-26-19(28)21(24-20(26)29)10-2-1-3-11-21/h4-9,12,18,23H,1-3,10-11,13H2,(H,24,29)(H,25,27). The molecule has 4 amide bonds. The van der Waals surface area contributed by atoms with Crippen LogP contribution in [0.4, 0.5) is 9.18 Å². The molecule has 3 N–H and O–H groups in total.